The maximum Gasteiger partial charge on any atom is 0.275 e. The van der Waals surface area contributed by atoms with Crippen LogP contribution in [0.1, 0.15) is 48.8 Å². The second-order valence-electron chi connectivity index (χ2n) is 8.21. The van der Waals surface area contributed by atoms with Gasteiger partial charge < -0.3 is 9.64 Å². The Balaban J connectivity index is 1.76. The molecule has 0 aliphatic carbocycles. The Kier molecular flexibility index (Phi) is 5.57. The Morgan fingerprint density at radius 2 is 1.83 bits per heavy atom. The van der Waals surface area contributed by atoms with Crippen LogP contribution in [0.5, 0.6) is 5.75 Å². The van der Waals surface area contributed by atoms with Crippen molar-refractivity contribution in [3.63, 3.8) is 0 Å². The van der Waals surface area contributed by atoms with Crippen LogP contribution in [-0.4, -0.2) is 34.2 Å². The third kappa shape index (κ3) is 3.70. The normalized spacial score (nSPS) is 16.4. The summed E-state index contributed by atoms with van der Waals surface area (Å²) >= 11 is 0. The Morgan fingerprint density at radius 3 is 2.50 bits per heavy atom. The second kappa shape index (κ2) is 8.30. The molecular formula is C24H27N3O3. The minimum atomic E-state index is -0.149. The predicted molar refractivity (Wildman–Crippen MR) is 117 cm³/mol. The van der Waals surface area contributed by atoms with Crippen LogP contribution in [0.3, 0.4) is 0 Å². The molecule has 1 aromatic heterocycles. The molecule has 1 atom stereocenters. The van der Waals surface area contributed by atoms with Crippen molar-refractivity contribution in [2.45, 2.75) is 39.3 Å². The summed E-state index contributed by atoms with van der Waals surface area (Å²) in [7, 11) is 1.64. The van der Waals surface area contributed by atoms with E-state index < -0.39 is 0 Å². The van der Waals surface area contributed by atoms with Gasteiger partial charge in [-0.3, -0.25) is 9.59 Å². The Morgan fingerprint density at radius 1 is 1.13 bits per heavy atom. The SMILES string of the molecule is COc1ccc(C2CCCN2C(=O)c2nn(CC(C)C)c(=O)c3ccccc23)cc1. The Labute approximate surface area is 176 Å². The van der Waals surface area contributed by atoms with Crippen molar-refractivity contribution >= 4 is 16.7 Å². The number of rotatable bonds is 5. The average Bonchev–Trinajstić information content (AvgIpc) is 3.25. The number of carbonyl (C=O) groups excluding carboxylic acids is 1. The largest absolute Gasteiger partial charge is 0.497 e. The fourth-order valence-corrected chi connectivity index (χ4v) is 4.18. The molecule has 2 heterocycles. The second-order valence-corrected chi connectivity index (χ2v) is 8.21. The third-order valence-corrected chi connectivity index (χ3v) is 5.62. The first kappa shape index (κ1) is 20.1. The number of hydrogen-bond donors (Lipinski definition) is 0. The van der Waals surface area contributed by atoms with E-state index in [4.69, 9.17) is 4.74 Å². The van der Waals surface area contributed by atoms with Crippen LogP contribution in [0.4, 0.5) is 0 Å². The predicted octanol–water partition coefficient (Wildman–Crippen LogP) is 4.04. The smallest absolute Gasteiger partial charge is 0.275 e. The molecule has 6 heteroatoms. The molecule has 0 N–H and O–H groups in total. The van der Waals surface area contributed by atoms with Crippen molar-refractivity contribution in [2.75, 3.05) is 13.7 Å². The number of amides is 1. The van der Waals surface area contributed by atoms with E-state index in [0.29, 0.717) is 29.6 Å². The summed E-state index contributed by atoms with van der Waals surface area (Å²) in [4.78, 5) is 28.4. The van der Waals surface area contributed by atoms with Crippen LogP contribution in [0.15, 0.2) is 53.3 Å². The maximum absolute atomic E-state index is 13.6. The van der Waals surface area contributed by atoms with Gasteiger partial charge in [-0.1, -0.05) is 44.2 Å². The molecule has 1 saturated heterocycles. The molecule has 0 spiro atoms. The zero-order chi connectivity index (χ0) is 21.3. The first-order valence-corrected chi connectivity index (χ1v) is 10.4. The first-order chi connectivity index (χ1) is 14.5. The van der Waals surface area contributed by atoms with Crippen molar-refractivity contribution < 1.29 is 9.53 Å². The molecule has 0 radical (unpaired) electrons. The van der Waals surface area contributed by atoms with Crippen LogP contribution in [-0.2, 0) is 6.54 Å². The van der Waals surface area contributed by atoms with Gasteiger partial charge in [0.1, 0.15) is 5.75 Å². The standard InChI is InChI=1S/C24H27N3O3/c1-16(2)15-27-23(28)20-8-5-4-7-19(20)22(25-27)24(29)26-14-6-9-21(26)17-10-12-18(30-3)13-11-17/h4-5,7-8,10-13,16,21H,6,9,14-15H2,1-3H3. The number of benzene rings is 2. The quantitative estimate of drug-likeness (QED) is 0.643. The lowest BCUT2D eigenvalue weighted by molar-refractivity contribution is 0.0729. The molecule has 30 heavy (non-hydrogen) atoms. The van der Waals surface area contributed by atoms with Gasteiger partial charge in [-0.15, -0.1) is 0 Å². The number of nitrogens with zero attached hydrogens (tertiary/aromatic N) is 3. The number of hydrogen-bond acceptors (Lipinski definition) is 4. The number of carbonyl (C=O) groups is 1. The average molecular weight is 405 g/mol. The molecule has 1 unspecified atom stereocenters. The summed E-state index contributed by atoms with van der Waals surface area (Å²) in [6, 6.07) is 15.1. The van der Waals surface area contributed by atoms with Crippen LogP contribution in [0, 0.1) is 5.92 Å². The van der Waals surface area contributed by atoms with E-state index in [1.165, 1.54) is 4.68 Å². The van der Waals surface area contributed by atoms with Gasteiger partial charge >= 0.3 is 0 Å². The van der Waals surface area contributed by atoms with Crippen molar-refractivity contribution in [1.82, 2.24) is 14.7 Å². The van der Waals surface area contributed by atoms with Crippen molar-refractivity contribution in [3.05, 3.63) is 70.1 Å². The molecule has 4 rings (SSSR count). The highest BCUT2D eigenvalue weighted by molar-refractivity contribution is 6.05. The topological polar surface area (TPSA) is 64.4 Å². The minimum absolute atomic E-state index is 0.00514. The third-order valence-electron chi connectivity index (χ3n) is 5.62. The van der Waals surface area contributed by atoms with E-state index in [-0.39, 0.29) is 23.4 Å². The molecule has 3 aromatic rings. The van der Waals surface area contributed by atoms with Crippen molar-refractivity contribution in [2.24, 2.45) is 5.92 Å². The number of fused-ring (bicyclic) bond motifs is 1. The number of aromatic nitrogens is 2. The first-order valence-electron chi connectivity index (χ1n) is 10.4. The van der Waals surface area contributed by atoms with E-state index in [9.17, 15) is 9.59 Å². The van der Waals surface area contributed by atoms with E-state index in [2.05, 4.69) is 5.10 Å². The summed E-state index contributed by atoms with van der Waals surface area (Å²) in [5.74, 6) is 0.920. The highest BCUT2D eigenvalue weighted by Crippen LogP contribution is 2.34. The number of methoxy groups -OCH3 is 1. The minimum Gasteiger partial charge on any atom is -0.497 e. The zero-order valence-electron chi connectivity index (χ0n) is 17.7. The Bertz CT molecular complexity index is 1120. The summed E-state index contributed by atoms with van der Waals surface area (Å²) in [6.45, 7) is 5.22. The summed E-state index contributed by atoms with van der Waals surface area (Å²) in [6.07, 6.45) is 1.84. The monoisotopic (exact) mass is 405 g/mol. The van der Waals surface area contributed by atoms with Crippen LogP contribution in [0.2, 0.25) is 0 Å². The van der Waals surface area contributed by atoms with Crippen molar-refractivity contribution in [3.8, 4) is 5.75 Å². The summed E-state index contributed by atoms with van der Waals surface area (Å²) in [5.41, 5.74) is 1.29. The molecular weight excluding hydrogens is 378 g/mol. The number of ether oxygens (including phenoxy) is 1. The van der Waals surface area contributed by atoms with E-state index in [0.717, 1.165) is 24.2 Å². The molecule has 1 aliphatic rings. The zero-order valence-corrected chi connectivity index (χ0v) is 17.7. The highest BCUT2D eigenvalue weighted by Gasteiger charge is 2.32. The maximum atomic E-state index is 13.6. The summed E-state index contributed by atoms with van der Waals surface area (Å²) in [5, 5.41) is 5.69. The molecule has 0 bridgehead atoms. The highest BCUT2D eigenvalue weighted by atomic mass is 16.5. The van der Waals surface area contributed by atoms with Gasteiger partial charge in [0.2, 0.25) is 0 Å². The molecule has 156 valence electrons. The molecule has 1 aliphatic heterocycles. The fraction of sp³-hybridized carbons (Fsp3) is 0.375. The van der Waals surface area contributed by atoms with E-state index in [1.54, 1.807) is 13.2 Å². The van der Waals surface area contributed by atoms with Crippen LogP contribution < -0.4 is 10.3 Å². The van der Waals surface area contributed by atoms with Gasteiger partial charge in [0.05, 0.1) is 18.5 Å². The Hall–Kier alpha value is -3.15. The van der Waals surface area contributed by atoms with Crippen LogP contribution >= 0.6 is 0 Å². The lowest BCUT2D eigenvalue weighted by Crippen LogP contribution is -2.34. The molecule has 6 nitrogen and oxygen atoms in total. The van der Waals surface area contributed by atoms with Crippen LogP contribution in [0.25, 0.3) is 10.8 Å². The summed E-state index contributed by atoms with van der Waals surface area (Å²) < 4.78 is 6.70. The van der Waals surface area contributed by atoms with Gasteiger partial charge in [-0.05, 0) is 42.5 Å². The van der Waals surface area contributed by atoms with E-state index in [1.807, 2.05) is 61.2 Å². The lowest BCUT2D eigenvalue weighted by Gasteiger charge is -2.25. The molecule has 1 amide bonds. The fourth-order valence-electron chi connectivity index (χ4n) is 4.18. The van der Waals surface area contributed by atoms with Crippen molar-refractivity contribution in [1.29, 1.82) is 0 Å². The molecule has 2 aromatic carbocycles. The van der Waals surface area contributed by atoms with Gasteiger partial charge in [0.15, 0.2) is 5.69 Å². The number of likely N-dealkylation sites (tertiary alicyclic amines) is 1. The van der Waals surface area contributed by atoms with Gasteiger partial charge in [0, 0.05) is 18.5 Å². The van der Waals surface area contributed by atoms with E-state index >= 15 is 0 Å². The van der Waals surface area contributed by atoms with Gasteiger partial charge in [-0.25, -0.2) is 4.68 Å². The van der Waals surface area contributed by atoms with Gasteiger partial charge in [-0.2, -0.15) is 5.10 Å². The molecule has 0 saturated carbocycles. The van der Waals surface area contributed by atoms with Gasteiger partial charge in [0.25, 0.3) is 11.5 Å². The molecule has 1 fully saturated rings. The lowest BCUT2D eigenvalue weighted by atomic mass is 10.0.